The van der Waals surface area contributed by atoms with E-state index in [1.807, 2.05) is 25.1 Å². The molecular weight excluding hydrogens is 308 g/mol. The van der Waals surface area contributed by atoms with E-state index in [-0.39, 0.29) is 17.5 Å². The van der Waals surface area contributed by atoms with Crippen molar-refractivity contribution in [3.05, 3.63) is 47.3 Å². The fourth-order valence-electron chi connectivity index (χ4n) is 3.42. The van der Waals surface area contributed by atoms with Gasteiger partial charge in [0, 0.05) is 19.0 Å². The van der Waals surface area contributed by atoms with Gasteiger partial charge >= 0.3 is 0 Å². The lowest BCUT2D eigenvalue weighted by Crippen LogP contribution is -2.45. The Morgan fingerprint density at radius 2 is 2.21 bits per heavy atom. The van der Waals surface area contributed by atoms with Gasteiger partial charge in [-0.15, -0.1) is 0 Å². The highest BCUT2D eigenvalue weighted by Gasteiger charge is 2.47. The first-order valence-electron chi connectivity index (χ1n) is 8.16. The third-order valence-electron chi connectivity index (χ3n) is 4.73. The minimum Gasteiger partial charge on any atom is -0.484 e. The number of carbonyl (C=O) groups excluding carboxylic acids is 2. The van der Waals surface area contributed by atoms with E-state index in [2.05, 4.69) is 5.16 Å². The molecular formula is C18H18N2O4. The molecule has 0 saturated carbocycles. The van der Waals surface area contributed by atoms with E-state index in [1.54, 1.807) is 17.0 Å². The van der Waals surface area contributed by atoms with Crippen LogP contribution in [0.15, 0.2) is 34.9 Å². The Labute approximate surface area is 139 Å². The van der Waals surface area contributed by atoms with Crippen molar-refractivity contribution in [1.82, 2.24) is 10.1 Å². The first kappa shape index (κ1) is 14.9. The van der Waals surface area contributed by atoms with E-state index in [0.29, 0.717) is 37.2 Å². The maximum atomic E-state index is 12.6. The third-order valence-corrected chi connectivity index (χ3v) is 4.73. The number of aromatic nitrogens is 1. The van der Waals surface area contributed by atoms with Gasteiger partial charge in [0.1, 0.15) is 11.4 Å². The molecule has 2 aromatic rings. The summed E-state index contributed by atoms with van der Waals surface area (Å²) in [5, 5.41) is 3.87. The van der Waals surface area contributed by atoms with Crippen LogP contribution in [0.3, 0.4) is 0 Å². The molecule has 1 atom stereocenters. The standard InChI is InChI=1S/C18H18N2O4/c1-2-12-9-16(24-19-12)17(22)20-8-7-18(11-20)10-14(21)13-5-3-4-6-15(13)23-18/h3-6,9H,2,7-8,10-11H2,1H3. The molecule has 124 valence electrons. The molecule has 1 aromatic heterocycles. The molecule has 4 rings (SSSR count). The zero-order chi connectivity index (χ0) is 16.7. The molecule has 2 aliphatic heterocycles. The Kier molecular flexibility index (Phi) is 3.40. The smallest absolute Gasteiger partial charge is 0.292 e. The number of rotatable bonds is 2. The molecule has 6 nitrogen and oxygen atoms in total. The Bertz CT molecular complexity index is 813. The number of nitrogens with zero attached hydrogens (tertiary/aromatic N) is 2. The Morgan fingerprint density at radius 1 is 1.38 bits per heavy atom. The van der Waals surface area contributed by atoms with Crippen molar-refractivity contribution in [3.63, 3.8) is 0 Å². The highest BCUT2D eigenvalue weighted by molar-refractivity contribution is 6.00. The summed E-state index contributed by atoms with van der Waals surface area (Å²) in [5.41, 5.74) is 0.746. The van der Waals surface area contributed by atoms with Crippen LogP contribution in [0.25, 0.3) is 0 Å². The molecule has 0 bridgehead atoms. The lowest BCUT2D eigenvalue weighted by Gasteiger charge is -2.34. The van der Waals surface area contributed by atoms with Gasteiger partial charge in [-0.3, -0.25) is 9.59 Å². The van der Waals surface area contributed by atoms with Crippen LogP contribution in [0.4, 0.5) is 0 Å². The fraction of sp³-hybridized carbons (Fsp3) is 0.389. The van der Waals surface area contributed by atoms with E-state index in [4.69, 9.17) is 9.26 Å². The monoisotopic (exact) mass is 326 g/mol. The average Bonchev–Trinajstić information content (AvgIpc) is 3.22. The van der Waals surface area contributed by atoms with Crippen LogP contribution in [0, 0.1) is 0 Å². The van der Waals surface area contributed by atoms with Crippen LogP contribution in [0.5, 0.6) is 5.75 Å². The van der Waals surface area contributed by atoms with E-state index in [9.17, 15) is 9.59 Å². The van der Waals surface area contributed by atoms with Crippen LogP contribution in [0.1, 0.15) is 46.4 Å². The number of hydrogen-bond donors (Lipinski definition) is 0. The van der Waals surface area contributed by atoms with Gasteiger partial charge in [0.2, 0.25) is 5.76 Å². The van der Waals surface area contributed by atoms with Crippen LogP contribution in [-0.4, -0.2) is 40.4 Å². The number of benzene rings is 1. The van der Waals surface area contributed by atoms with E-state index < -0.39 is 5.60 Å². The lowest BCUT2D eigenvalue weighted by atomic mass is 9.89. The van der Waals surface area contributed by atoms with Crippen molar-refractivity contribution in [2.45, 2.75) is 31.8 Å². The second-order valence-electron chi connectivity index (χ2n) is 6.39. The number of aryl methyl sites for hydroxylation is 1. The molecule has 1 saturated heterocycles. The number of Topliss-reactive ketones (excluding diaryl/α,β-unsaturated/α-hetero) is 1. The zero-order valence-electron chi connectivity index (χ0n) is 13.4. The molecule has 0 N–H and O–H groups in total. The van der Waals surface area contributed by atoms with Gasteiger partial charge in [0.15, 0.2) is 5.78 Å². The quantitative estimate of drug-likeness (QED) is 0.848. The average molecular weight is 326 g/mol. The first-order valence-corrected chi connectivity index (χ1v) is 8.16. The van der Waals surface area contributed by atoms with Crippen LogP contribution < -0.4 is 4.74 Å². The van der Waals surface area contributed by atoms with Gasteiger partial charge in [-0.25, -0.2) is 0 Å². The van der Waals surface area contributed by atoms with Gasteiger partial charge in [-0.2, -0.15) is 0 Å². The molecule has 3 heterocycles. The van der Waals surface area contributed by atoms with E-state index in [0.717, 1.165) is 12.1 Å². The Morgan fingerprint density at radius 3 is 3.00 bits per heavy atom. The molecule has 0 radical (unpaired) electrons. The number of ether oxygens (including phenoxy) is 1. The zero-order valence-corrected chi connectivity index (χ0v) is 13.4. The Balaban J connectivity index is 1.54. The summed E-state index contributed by atoms with van der Waals surface area (Å²) in [6.07, 6.45) is 1.65. The van der Waals surface area contributed by atoms with E-state index >= 15 is 0 Å². The first-order chi connectivity index (χ1) is 11.6. The van der Waals surface area contributed by atoms with Crippen LogP contribution in [-0.2, 0) is 6.42 Å². The highest BCUT2D eigenvalue weighted by atomic mass is 16.5. The number of para-hydroxylation sites is 1. The summed E-state index contributed by atoms with van der Waals surface area (Å²) in [5.74, 6) is 0.718. The minimum absolute atomic E-state index is 0.0686. The molecule has 6 heteroatoms. The van der Waals surface area contributed by atoms with Gasteiger partial charge in [0.25, 0.3) is 5.91 Å². The maximum absolute atomic E-state index is 12.6. The summed E-state index contributed by atoms with van der Waals surface area (Å²) in [6, 6.07) is 8.95. The van der Waals surface area contributed by atoms with Crippen molar-refractivity contribution >= 4 is 11.7 Å². The largest absolute Gasteiger partial charge is 0.484 e. The number of likely N-dealkylation sites (tertiary alicyclic amines) is 1. The lowest BCUT2D eigenvalue weighted by molar-refractivity contribution is 0.0419. The molecule has 0 aliphatic carbocycles. The molecule has 24 heavy (non-hydrogen) atoms. The molecule has 1 amide bonds. The normalized spacial score (nSPS) is 22.5. The highest BCUT2D eigenvalue weighted by Crippen LogP contribution is 2.38. The number of amides is 1. The number of fused-ring (bicyclic) bond motifs is 1. The topological polar surface area (TPSA) is 72.6 Å². The predicted molar refractivity (Wildman–Crippen MR) is 85.2 cm³/mol. The SMILES string of the molecule is CCc1cc(C(=O)N2CCC3(CC(=O)c4ccccc4O3)C2)on1. The summed E-state index contributed by atoms with van der Waals surface area (Å²) in [7, 11) is 0. The molecule has 2 aliphatic rings. The Hall–Kier alpha value is -2.63. The number of ketones is 1. The minimum atomic E-state index is -0.630. The fourth-order valence-corrected chi connectivity index (χ4v) is 3.42. The van der Waals surface area contributed by atoms with Crippen LogP contribution in [0.2, 0.25) is 0 Å². The second kappa shape index (κ2) is 5.47. The van der Waals surface area contributed by atoms with E-state index in [1.165, 1.54) is 0 Å². The van der Waals surface area contributed by atoms with Gasteiger partial charge < -0.3 is 14.2 Å². The van der Waals surface area contributed by atoms with Crippen molar-refractivity contribution in [3.8, 4) is 5.75 Å². The molecule has 1 spiro atoms. The third kappa shape index (κ3) is 2.38. The summed E-state index contributed by atoms with van der Waals surface area (Å²) < 4.78 is 11.3. The summed E-state index contributed by atoms with van der Waals surface area (Å²) in [6.45, 7) is 2.88. The van der Waals surface area contributed by atoms with Crippen molar-refractivity contribution in [1.29, 1.82) is 0 Å². The molecule has 1 unspecified atom stereocenters. The predicted octanol–water partition coefficient (Wildman–Crippen LogP) is 2.49. The van der Waals surface area contributed by atoms with Crippen LogP contribution >= 0.6 is 0 Å². The number of carbonyl (C=O) groups is 2. The summed E-state index contributed by atoms with van der Waals surface area (Å²) in [4.78, 5) is 26.7. The maximum Gasteiger partial charge on any atom is 0.292 e. The van der Waals surface area contributed by atoms with Gasteiger partial charge in [-0.1, -0.05) is 24.2 Å². The second-order valence-corrected chi connectivity index (χ2v) is 6.39. The van der Waals surface area contributed by atoms with Crippen molar-refractivity contribution in [2.24, 2.45) is 0 Å². The molecule has 1 fully saturated rings. The molecule has 1 aromatic carbocycles. The number of hydrogen-bond acceptors (Lipinski definition) is 5. The van der Waals surface area contributed by atoms with Crippen molar-refractivity contribution < 1.29 is 18.8 Å². The van der Waals surface area contributed by atoms with Gasteiger partial charge in [0.05, 0.1) is 24.2 Å². The van der Waals surface area contributed by atoms with Crippen molar-refractivity contribution in [2.75, 3.05) is 13.1 Å². The van der Waals surface area contributed by atoms with Gasteiger partial charge in [-0.05, 0) is 18.6 Å². The summed E-state index contributed by atoms with van der Waals surface area (Å²) >= 11 is 0.